The first-order chi connectivity index (χ1) is 6.24. The van der Waals surface area contributed by atoms with E-state index < -0.39 is 0 Å². The maximum atomic E-state index is 11.8. The lowest BCUT2D eigenvalue weighted by Crippen LogP contribution is -2.42. The molecular weight excluding hydrogens is 164 g/mol. The molecule has 1 saturated carbocycles. The second kappa shape index (κ2) is 3.29. The van der Waals surface area contributed by atoms with E-state index in [9.17, 15) is 4.79 Å². The van der Waals surface area contributed by atoms with Gasteiger partial charge >= 0.3 is 0 Å². The summed E-state index contributed by atoms with van der Waals surface area (Å²) >= 11 is 0. The van der Waals surface area contributed by atoms with E-state index in [0.717, 1.165) is 25.8 Å². The predicted octanol–water partition coefficient (Wildman–Crippen LogP) is 0.592. The first kappa shape index (κ1) is 9.00. The van der Waals surface area contributed by atoms with E-state index >= 15 is 0 Å². The average Bonchev–Trinajstić information content (AvgIpc) is 2.89. The van der Waals surface area contributed by atoms with Crippen LogP contribution in [-0.2, 0) is 4.79 Å². The van der Waals surface area contributed by atoms with Gasteiger partial charge in [0.15, 0.2) is 0 Å². The highest BCUT2D eigenvalue weighted by Crippen LogP contribution is 2.34. The van der Waals surface area contributed by atoms with Crippen molar-refractivity contribution in [1.29, 1.82) is 0 Å². The highest BCUT2D eigenvalue weighted by molar-refractivity contribution is 5.81. The highest BCUT2D eigenvalue weighted by atomic mass is 16.2. The van der Waals surface area contributed by atoms with Gasteiger partial charge in [-0.15, -0.1) is 0 Å². The summed E-state index contributed by atoms with van der Waals surface area (Å²) in [5.41, 5.74) is 5.68. The zero-order chi connectivity index (χ0) is 9.42. The van der Waals surface area contributed by atoms with Crippen molar-refractivity contribution in [2.45, 2.75) is 32.2 Å². The molecule has 0 bridgehead atoms. The molecule has 1 aliphatic carbocycles. The van der Waals surface area contributed by atoms with Gasteiger partial charge in [0.25, 0.3) is 0 Å². The van der Waals surface area contributed by atoms with Crippen LogP contribution in [0.15, 0.2) is 0 Å². The molecule has 2 unspecified atom stereocenters. The van der Waals surface area contributed by atoms with Crippen LogP contribution >= 0.6 is 0 Å². The molecule has 0 radical (unpaired) electrons. The molecule has 2 fully saturated rings. The Kier molecular flexibility index (Phi) is 2.28. The van der Waals surface area contributed by atoms with Crippen molar-refractivity contribution >= 4 is 5.91 Å². The van der Waals surface area contributed by atoms with E-state index in [-0.39, 0.29) is 0 Å². The van der Waals surface area contributed by atoms with Gasteiger partial charge in [-0.05, 0) is 25.2 Å². The summed E-state index contributed by atoms with van der Waals surface area (Å²) in [5, 5.41) is 0. The van der Waals surface area contributed by atoms with Gasteiger partial charge in [0, 0.05) is 25.0 Å². The summed E-state index contributed by atoms with van der Waals surface area (Å²) < 4.78 is 0. The summed E-state index contributed by atoms with van der Waals surface area (Å²) in [6.07, 6.45) is 3.32. The number of nitrogens with zero attached hydrogens (tertiary/aromatic N) is 1. The summed E-state index contributed by atoms with van der Waals surface area (Å²) in [4.78, 5) is 13.8. The zero-order valence-electron chi connectivity index (χ0n) is 8.20. The number of hydrogen-bond acceptors (Lipinski definition) is 2. The first-order valence-corrected chi connectivity index (χ1v) is 5.24. The molecule has 3 nitrogen and oxygen atoms in total. The molecule has 1 heterocycles. The number of nitrogens with two attached hydrogens (primary N) is 1. The van der Waals surface area contributed by atoms with Crippen LogP contribution in [-0.4, -0.2) is 29.9 Å². The Balaban J connectivity index is 2.01. The van der Waals surface area contributed by atoms with E-state index in [0.29, 0.717) is 30.3 Å². The van der Waals surface area contributed by atoms with E-state index in [1.165, 1.54) is 0 Å². The lowest BCUT2D eigenvalue weighted by atomic mass is 10.0. The number of carbonyl (C=O) groups is 1. The second-order valence-electron chi connectivity index (χ2n) is 4.37. The molecule has 2 N–H and O–H groups in total. The van der Waals surface area contributed by atoms with Gasteiger partial charge in [-0.25, -0.2) is 0 Å². The molecule has 1 amide bonds. The number of rotatable bonds is 2. The highest BCUT2D eigenvalue weighted by Gasteiger charge is 2.40. The van der Waals surface area contributed by atoms with Crippen LogP contribution in [0, 0.1) is 11.8 Å². The summed E-state index contributed by atoms with van der Waals surface area (Å²) in [6.45, 7) is 3.75. The Morgan fingerprint density at radius 1 is 1.46 bits per heavy atom. The van der Waals surface area contributed by atoms with Crippen LogP contribution in [0.2, 0.25) is 0 Å². The van der Waals surface area contributed by atoms with Gasteiger partial charge in [0.1, 0.15) is 0 Å². The molecule has 3 heteroatoms. The van der Waals surface area contributed by atoms with Gasteiger partial charge in [-0.1, -0.05) is 6.92 Å². The minimum atomic E-state index is 0.313. The van der Waals surface area contributed by atoms with E-state index in [1.54, 1.807) is 0 Å². The van der Waals surface area contributed by atoms with Gasteiger partial charge in [0.05, 0.1) is 0 Å². The average molecular weight is 182 g/mol. The van der Waals surface area contributed by atoms with Gasteiger partial charge in [-0.2, -0.15) is 0 Å². The molecule has 2 atom stereocenters. The number of amides is 1. The Hall–Kier alpha value is -0.570. The van der Waals surface area contributed by atoms with Crippen molar-refractivity contribution in [3.05, 3.63) is 0 Å². The molecule has 74 valence electrons. The van der Waals surface area contributed by atoms with Crippen molar-refractivity contribution < 1.29 is 4.79 Å². The van der Waals surface area contributed by atoms with Crippen molar-refractivity contribution in [2.75, 3.05) is 13.1 Å². The van der Waals surface area contributed by atoms with Crippen molar-refractivity contribution in [3.63, 3.8) is 0 Å². The topological polar surface area (TPSA) is 46.3 Å². The van der Waals surface area contributed by atoms with Crippen LogP contribution in [0.4, 0.5) is 0 Å². The van der Waals surface area contributed by atoms with Crippen LogP contribution < -0.4 is 5.73 Å². The molecule has 0 aromatic carbocycles. The normalized spacial score (nSPS) is 33.8. The van der Waals surface area contributed by atoms with Crippen LogP contribution in [0.5, 0.6) is 0 Å². The third kappa shape index (κ3) is 1.57. The first-order valence-electron chi connectivity index (χ1n) is 5.24. The molecule has 2 rings (SSSR count). The fraction of sp³-hybridized carbons (Fsp3) is 0.900. The van der Waals surface area contributed by atoms with Crippen molar-refractivity contribution in [3.8, 4) is 0 Å². The standard InChI is InChI=1S/C10H18N2O/c1-7-4-5-12(9(7)6-11)10(13)8-2-3-8/h7-9H,2-6,11H2,1H3. The molecule has 0 aromatic rings. The minimum absolute atomic E-state index is 0.313. The monoisotopic (exact) mass is 182 g/mol. The summed E-state index contributed by atoms with van der Waals surface area (Å²) in [5.74, 6) is 1.30. The van der Waals surface area contributed by atoms with Gasteiger partial charge in [-0.3, -0.25) is 4.79 Å². The van der Waals surface area contributed by atoms with Crippen LogP contribution in [0.3, 0.4) is 0 Å². The Bertz CT molecular complexity index is 213. The molecule has 1 saturated heterocycles. The molecule has 2 aliphatic rings. The molecule has 13 heavy (non-hydrogen) atoms. The lowest BCUT2D eigenvalue weighted by molar-refractivity contribution is -0.133. The maximum Gasteiger partial charge on any atom is 0.225 e. The predicted molar refractivity (Wildman–Crippen MR) is 51.1 cm³/mol. The molecular formula is C10H18N2O. The zero-order valence-corrected chi connectivity index (χ0v) is 8.20. The smallest absolute Gasteiger partial charge is 0.225 e. The van der Waals surface area contributed by atoms with E-state index in [1.807, 2.05) is 4.90 Å². The van der Waals surface area contributed by atoms with Gasteiger partial charge in [0.2, 0.25) is 5.91 Å². The number of likely N-dealkylation sites (tertiary alicyclic amines) is 1. The fourth-order valence-electron chi connectivity index (χ4n) is 2.21. The number of hydrogen-bond donors (Lipinski definition) is 1. The SMILES string of the molecule is CC1CCN(C(=O)C2CC2)C1CN. The fourth-order valence-corrected chi connectivity index (χ4v) is 2.21. The largest absolute Gasteiger partial charge is 0.338 e. The van der Waals surface area contributed by atoms with Crippen molar-refractivity contribution in [1.82, 2.24) is 4.90 Å². The third-order valence-electron chi connectivity index (χ3n) is 3.33. The summed E-state index contributed by atoms with van der Waals surface area (Å²) in [7, 11) is 0. The quantitative estimate of drug-likeness (QED) is 0.679. The molecule has 0 aromatic heterocycles. The van der Waals surface area contributed by atoms with Gasteiger partial charge < -0.3 is 10.6 Å². The van der Waals surface area contributed by atoms with E-state index in [4.69, 9.17) is 5.73 Å². The second-order valence-corrected chi connectivity index (χ2v) is 4.37. The Labute approximate surface area is 79.3 Å². The lowest BCUT2D eigenvalue weighted by Gasteiger charge is -2.25. The third-order valence-corrected chi connectivity index (χ3v) is 3.33. The minimum Gasteiger partial charge on any atom is -0.338 e. The van der Waals surface area contributed by atoms with Crippen LogP contribution in [0.25, 0.3) is 0 Å². The molecule has 1 aliphatic heterocycles. The Morgan fingerprint density at radius 3 is 2.69 bits per heavy atom. The number of carbonyl (C=O) groups excluding carboxylic acids is 1. The maximum absolute atomic E-state index is 11.8. The van der Waals surface area contributed by atoms with E-state index in [2.05, 4.69) is 6.92 Å². The molecule has 0 spiro atoms. The van der Waals surface area contributed by atoms with Crippen LogP contribution in [0.1, 0.15) is 26.2 Å². The summed E-state index contributed by atoms with van der Waals surface area (Å²) in [6, 6.07) is 0.313. The Morgan fingerprint density at radius 2 is 2.15 bits per heavy atom. The van der Waals surface area contributed by atoms with Crippen molar-refractivity contribution in [2.24, 2.45) is 17.6 Å².